The summed E-state index contributed by atoms with van der Waals surface area (Å²) in [5.74, 6) is -1.05. The van der Waals surface area contributed by atoms with Gasteiger partial charge in [-0.15, -0.1) is 0 Å². The number of amides is 2. The van der Waals surface area contributed by atoms with Crippen LogP contribution in [-0.2, 0) is 17.9 Å². The van der Waals surface area contributed by atoms with Gasteiger partial charge in [-0.25, -0.2) is 9.37 Å². The Bertz CT molecular complexity index is 1370. The first-order valence-corrected chi connectivity index (χ1v) is 10.6. The number of halogens is 1. The number of hydrogen-bond acceptors (Lipinski definition) is 5. The number of pyridine rings is 1. The summed E-state index contributed by atoms with van der Waals surface area (Å²) in [5, 5.41) is 8.32. The molecule has 0 saturated heterocycles. The maximum absolute atomic E-state index is 13.0. The van der Waals surface area contributed by atoms with Gasteiger partial charge in [-0.05, 0) is 35.4 Å². The minimum absolute atomic E-state index is 0.104. The molecule has 4 rings (SSSR count). The molecule has 3 N–H and O–H groups in total. The van der Waals surface area contributed by atoms with Gasteiger partial charge < -0.3 is 16.0 Å². The third kappa shape index (κ3) is 5.44. The Balaban J connectivity index is 1.42. The molecule has 2 aromatic heterocycles. The van der Waals surface area contributed by atoms with Crippen molar-refractivity contribution in [2.24, 2.45) is 0 Å². The van der Waals surface area contributed by atoms with Gasteiger partial charge in [-0.1, -0.05) is 42.5 Å². The Morgan fingerprint density at radius 3 is 2.35 bits per heavy atom. The molecular formula is C25H22FN5O3. The van der Waals surface area contributed by atoms with Crippen molar-refractivity contribution in [3.63, 3.8) is 0 Å². The largest absolute Gasteiger partial charge is 0.370 e. The first-order valence-electron chi connectivity index (χ1n) is 10.6. The van der Waals surface area contributed by atoms with E-state index in [1.165, 1.54) is 28.9 Å². The van der Waals surface area contributed by atoms with E-state index in [0.29, 0.717) is 6.54 Å². The van der Waals surface area contributed by atoms with E-state index in [1.54, 1.807) is 24.3 Å². The fraction of sp³-hybridized carbons (Fsp3) is 0.120. The number of fused-ring (bicyclic) bond motifs is 1. The van der Waals surface area contributed by atoms with Crippen LogP contribution in [0.4, 0.5) is 10.1 Å². The highest BCUT2D eigenvalue weighted by Crippen LogP contribution is 2.10. The maximum atomic E-state index is 13.0. The molecule has 34 heavy (non-hydrogen) atoms. The molecule has 0 aliphatic rings. The zero-order chi connectivity index (χ0) is 23.9. The predicted octanol–water partition coefficient (Wildman–Crippen LogP) is 2.49. The van der Waals surface area contributed by atoms with E-state index in [9.17, 15) is 18.8 Å². The molecule has 0 bridgehead atoms. The first-order chi connectivity index (χ1) is 16.5. The Kier molecular flexibility index (Phi) is 6.92. The smallest absolute Gasteiger partial charge is 0.281 e. The summed E-state index contributed by atoms with van der Waals surface area (Å²) in [6.07, 6.45) is 2.81. The Morgan fingerprint density at radius 2 is 1.59 bits per heavy atom. The summed E-state index contributed by atoms with van der Waals surface area (Å²) in [6.45, 7) is 0.475. The average Bonchev–Trinajstić information content (AvgIpc) is 2.87. The van der Waals surface area contributed by atoms with E-state index >= 15 is 0 Å². The van der Waals surface area contributed by atoms with Gasteiger partial charge in [0.05, 0.1) is 18.3 Å². The lowest BCUT2D eigenvalue weighted by Gasteiger charge is -2.11. The molecule has 0 unspecified atom stereocenters. The summed E-state index contributed by atoms with van der Waals surface area (Å²) in [5.41, 5.74) is 1.80. The highest BCUT2D eigenvalue weighted by Gasteiger charge is 2.14. The number of anilines is 1. The normalized spacial score (nSPS) is 10.6. The molecule has 0 spiro atoms. The van der Waals surface area contributed by atoms with Gasteiger partial charge in [0.2, 0.25) is 5.91 Å². The van der Waals surface area contributed by atoms with Crippen LogP contribution in [0.5, 0.6) is 0 Å². The molecule has 172 valence electrons. The van der Waals surface area contributed by atoms with Crippen molar-refractivity contribution in [2.75, 3.05) is 11.9 Å². The van der Waals surface area contributed by atoms with E-state index in [-0.39, 0.29) is 41.7 Å². The van der Waals surface area contributed by atoms with Gasteiger partial charge in [0, 0.05) is 19.3 Å². The zero-order valence-electron chi connectivity index (χ0n) is 18.1. The highest BCUT2D eigenvalue weighted by atomic mass is 19.1. The Morgan fingerprint density at radius 1 is 0.882 bits per heavy atom. The standard InChI is InChI=1S/C25H22FN5O3/c26-19-10-8-18(9-11-19)14-30-24(33)20-7-4-12-31-23(20)29-15-21(25(31)34)27-16-22(32)28-13-17-5-2-1-3-6-17/h1-12,15,27H,13-14,16H2,(H,28,32)(H,30,33). The van der Waals surface area contributed by atoms with Gasteiger partial charge in [-0.2, -0.15) is 0 Å². The van der Waals surface area contributed by atoms with Gasteiger partial charge in [-0.3, -0.25) is 18.8 Å². The van der Waals surface area contributed by atoms with Gasteiger partial charge in [0.25, 0.3) is 11.5 Å². The summed E-state index contributed by atoms with van der Waals surface area (Å²) < 4.78 is 14.3. The maximum Gasteiger partial charge on any atom is 0.281 e. The lowest BCUT2D eigenvalue weighted by Crippen LogP contribution is -2.31. The van der Waals surface area contributed by atoms with Crippen molar-refractivity contribution < 1.29 is 14.0 Å². The summed E-state index contributed by atoms with van der Waals surface area (Å²) in [7, 11) is 0. The Labute approximate surface area is 194 Å². The van der Waals surface area contributed by atoms with Crippen molar-refractivity contribution in [2.45, 2.75) is 13.1 Å². The predicted molar refractivity (Wildman–Crippen MR) is 126 cm³/mol. The highest BCUT2D eigenvalue weighted by molar-refractivity contribution is 5.99. The fourth-order valence-electron chi connectivity index (χ4n) is 3.32. The second-order valence-electron chi connectivity index (χ2n) is 7.52. The van der Waals surface area contributed by atoms with Crippen LogP contribution in [0.1, 0.15) is 21.5 Å². The van der Waals surface area contributed by atoms with Crippen molar-refractivity contribution in [1.82, 2.24) is 20.0 Å². The minimum atomic E-state index is -0.436. The molecule has 9 heteroatoms. The number of hydrogen-bond donors (Lipinski definition) is 3. The molecular weight excluding hydrogens is 437 g/mol. The zero-order valence-corrected chi connectivity index (χ0v) is 18.1. The van der Waals surface area contributed by atoms with Crippen LogP contribution in [-0.4, -0.2) is 27.7 Å². The topological polar surface area (TPSA) is 105 Å². The minimum Gasteiger partial charge on any atom is -0.370 e. The number of aromatic nitrogens is 2. The van der Waals surface area contributed by atoms with Crippen molar-refractivity contribution in [1.29, 1.82) is 0 Å². The summed E-state index contributed by atoms with van der Waals surface area (Å²) in [6, 6.07) is 18.4. The molecule has 0 aliphatic heterocycles. The number of carbonyl (C=O) groups excluding carboxylic acids is 2. The molecule has 2 amide bonds. The van der Waals surface area contributed by atoms with Crippen LogP contribution in [0.2, 0.25) is 0 Å². The number of benzene rings is 2. The number of carbonyl (C=O) groups is 2. The average molecular weight is 459 g/mol. The van der Waals surface area contributed by atoms with Crippen molar-refractivity contribution in [3.8, 4) is 0 Å². The van der Waals surface area contributed by atoms with Gasteiger partial charge >= 0.3 is 0 Å². The van der Waals surface area contributed by atoms with Crippen LogP contribution in [0.15, 0.2) is 83.9 Å². The number of rotatable bonds is 8. The molecule has 2 heterocycles. The molecule has 0 aliphatic carbocycles. The van der Waals surface area contributed by atoms with Crippen LogP contribution in [0, 0.1) is 5.82 Å². The van der Waals surface area contributed by atoms with Crippen LogP contribution in [0.3, 0.4) is 0 Å². The quantitative estimate of drug-likeness (QED) is 0.376. The molecule has 8 nitrogen and oxygen atoms in total. The van der Waals surface area contributed by atoms with Crippen LogP contribution >= 0.6 is 0 Å². The van der Waals surface area contributed by atoms with Crippen molar-refractivity contribution in [3.05, 3.63) is 112 Å². The van der Waals surface area contributed by atoms with E-state index < -0.39 is 11.5 Å². The molecule has 0 fully saturated rings. The van der Waals surface area contributed by atoms with E-state index in [2.05, 4.69) is 20.9 Å². The van der Waals surface area contributed by atoms with Gasteiger partial charge in [0.1, 0.15) is 11.5 Å². The van der Waals surface area contributed by atoms with Crippen LogP contribution in [0.25, 0.3) is 5.65 Å². The lowest BCUT2D eigenvalue weighted by atomic mass is 10.2. The molecule has 2 aromatic carbocycles. The third-order valence-corrected chi connectivity index (χ3v) is 5.12. The van der Waals surface area contributed by atoms with E-state index in [1.807, 2.05) is 30.3 Å². The SMILES string of the molecule is O=C(CNc1cnc2c(C(=O)NCc3ccc(F)cc3)cccn2c1=O)NCc1ccccc1. The van der Waals surface area contributed by atoms with Crippen LogP contribution < -0.4 is 21.5 Å². The van der Waals surface area contributed by atoms with E-state index in [0.717, 1.165) is 11.1 Å². The third-order valence-electron chi connectivity index (χ3n) is 5.12. The molecule has 0 atom stereocenters. The summed E-state index contributed by atoms with van der Waals surface area (Å²) in [4.78, 5) is 42.0. The molecule has 0 saturated carbocycles. The fourth-order valence-corrected chi connectivity index (χ4v) is 3.32. The Hall–Kier alpha value is -4.53. The second kappa shape index (κ2) is 10.4. The number of nitrogens with one attached hydrogen (secondary N) is 3. The van der Waals surface area contributed by atoms with Gasteiger partial charge in [0.15, 0.2) is 5.65 Å². The van der Waals surface area contributed by atoms with Crippen molar-refractivity contribution >= 4 is 23.1 Å². The molecule has 0 radical (unpaired) electrons. The lowest BCUT2D eigenvalue weighted by molar-refractivity contribution is -0.119. The monoisotopic (exact) mass is 459 g/mol. The first kappa shape index (κ1) is 22.7. The number of nitrogens with zero attached hydrogens (tertiary/aromatic N) is 2. The van der Waals surface area contributed by atoms with E-state index in [4.69, 9.17) is 0 Å². The second-order valence-corrected chi connectivity index (χ2v) is 7.52. The summed E-state index contributed by atoms with van der Waals surface area (Å²) >= 11 is 0. The molecule has 4 aromatic rings.